The van der Waals surface area contributed by atoms with Crippen molar-refractivity contribution in [2.24, 2.45) is 17.8 Å². The summed E-state index contributed by atoms with van der Waals surface area (Å²) in [6, 6.07) is 0. The highest BCUT2D eigenvalue weighted by molar-refractivity contribution is 8.93. The van der Waals surface area contributed by atoms with Crippen LogP contribution in [0.5, 0.6) is 0 Å². The molecule has 0 radical (unpaired) electrons. The third kappa shape index (κ3) is 3.59. The summed E-state index contributed by atoms with van der Waals surface area (Å²) >= 11 is 0. The van der Waals surface area contributed by atoms with Gasteiger partial charge in [0.1, 0.15) is 0 Å². The molecule has 0 N–H and O–H groups in total. The SMILES string of the molecule is Br.CC1CCC(C(C)C)CC1. The van der Waals surface area contributed by atoms with Crippen LogP contribution in [0, 0.1) is 17.8 Å². The molecule has 0 bridgehead atoms. The predicted molar refractivity (Wildman–Crippen MR) is 56.3 cm³/mol. The largest absolute Gasteiger partial charge is 0.114 e. The monoisotopic (exact) mass is 220 g/mol. The average Bonchev–Trinajstić information content (AvgIpc) is 1.88. The van der Waals surface area contributed by atoms with Crippen molar-refractivity contribution in [1.82, 2.24) is 0 Å². The van der Waals surface area contributed by atoms with E-state index >= 15 is 0 Å². The maximum atomic E-state index is 2.39. The van der Waals surface area contributed by atoms with Gasteiger partial charge in [0.15, 0.2) is 0 Å². The van der Waals surface area contributed by atoms with Crippen molar-refractivity contribution < 1.29 is 0 Å². The standard InChI is InChI=1S/C10H20.BrH/c1-8(2)10-6-4-9(3)5-7-10;/h8-10H,4-7H2,1-3H3;1H. The van der Waals surface area contributed by atoms with E-state index in [1.165, 1.54) is 25.7 Å². The van der Waals surface area contributed by atoms with E-state index in [1.54, 1.807) is 0 Å². The van der Waals surface area contributed by atoms with Gasteiger partial charge in [-0.15, -0.1) is 17.0 Å². The van der Waals surface area contributed by atoms with Crippen LogP contribution in [0.1, 0.15) is 46.5 Å². The molecule has 1 saturated carbocycles. The van der Waals surface area contributed by atoms with Gasteiger partial charge in [0.2, 0.25) is 0 Å². The fraction of sp³-hybridized carbons (Fsp3) is 1.00. The molecule has 0 atom stereocenters. The molecule has 1 aliphatic rings. The van der Waals surface area contributed by atoms with Gasteiger partial charge in [-0.25, -0.2) is 0 Å². The van der Waals surface area contributed by atoms with Crippen molar-refractivity contribution in [3.8, 4) is 0 Å². The van der Waals surface area contributed by atoms with E-state index in [4.69, 9.17) is 0 Å². The molecule has 68 valence electrons. The summed E-state index contributed by atoms with van der Waals surface area (Å²) in [5.41, 5.74) is 0. The Hall–Kier alpha value is 0.480. The van der Waals surface area contributed by atoms with Crippen LogP contribution in [-0.2, 0) is 0 Å². The highest BCUT2D eigenvalue weighted by Crippen LogP contribution is 2.32. The molecule has 0 unspecified atom stereocenters. The number of rotatable bonds is 1. The van der Waals surface area contributed by atoms with Gasteiger partial charge in [0.05, 0.1) is 0 Å². The van der Waals surface area contributed by atoms with Gasteiger partial charge in [-0.05, 0) is 30.6 Å². The van der Waals surface area contributed by atoms with Crippen molar-refractivity contribution in [1.29, 1.82) is 0 Å². The third-order valence-corrected chi connectivity index (χ3v) is 3.00. The Morgan fingerprint density at radius 3 is 1.82 bits per heavy atom. The third-order valence-electron chi connectivity index (χ3n) is 3.00. The van der Waals surface area contributed by atoms with Crippen molar-refractivity contribution in [3.05, 3.63) is 0 Å². The van der Waals surface area contributed by atoms with Crippen LogP contribution in [0.15, 0.2) is 0 Å². The number of hydrogen-bond acceptors (Lipinski definition) is 0. The predicted octanol–water partition coefficient (Wildman–Crippen LogP) is 4.05. The molecular weight excluding hydrogens is 200 g/mol. The highest BCUT2D eigenvalue weighted by Gasteiger charge is 2.19. The molecule has 0 saturated heterocycles. The maximum absolute atomic E-state index is 2.39. The molecule has 1 heteroatoms. The topological polar surface area (TPSA) is 0 Å². The lowest BCUT2D eigenvalue weighted by Crippen LogP contribution is -2.16. The minimum absolute atomic E-state index is 0. The van der Waals surface area contributed by atoms with E-state index in [2.05, 4.69) is 20.8 Å². The zero-order chi connectivity index (χ0) is 7.56. The van der Waals surface area contributed by atoms with Crippen LogP contribution in [0.3, 0.4) is 0 Å². The fourth-order valence-electron chi connectivity index (χ4n) is 1.95. The minimum Gasteiger partial charge on any atom is -0.114 e. The molecule has 0 amide bonds. The Morgan fingerprint density at radius 1 is 1.00 bits per heavy atom. The van der Waals surface area contributed by atoms with Gasteiger partial charge in [0, 0.05) is 0 Å². The molecule has 0 aromatic heterocycles. The molecule has 0 spiro atoms. The summed E-state index contributed by atoms with van der Waals surface area (Å²) in [4.78, 5) is 0. The van der Waals surface area contributed by atoms with Crippen LogP contribution in [0.4, 0.5) is 0 Å². The van der Waals surface area contributed by atoms with Crippen LogP contribution in [0.2, 0.25) is 0 Å². The number of hydrogen-bond donors (Lipinski definition) is 0. The second-order valence-corrected chi connectivity index (χ2v) is 4.26. The minimum atomic E-state index is 0. The Balaban J connectivity index is 0.000001000. The van der Waals surface area contributed by atoms with Gasteiger partial charge in [-0.3, -0.25) is 0 Å². The lowest BCUT2D eigenvalue weighted by atomic mass is 9.78. The normalized spacial score (nSPS) is 31.6. The highest BCUT2D eigenvalue weighted by atomic mass is 79.9. The van der Waals surface area contributed by atoms with E-state index in [-0.39, 0.29) is 17.0 Å². The fourth-order valence-corrected chi connectivity index (χ4v) is 1.95. The molecule has 0 nitrogen and oxygen atoms in total. The van der Waals surface area contributed by atoms with Crippen LogP contribution in [0.25, 0.3) is 0 Å². The zero-order valence-electron chi connectivity index (χ0n) is 7.97. The number of halogens is 1. The van der Waals surface area contributed by atoms with Crippen LogP contribution >= 0.6 is 17.0 Å². The van der Waals surface area contributed by atoms with Gasteiger partial charge in [-0.2, -0.15) is 0 Å². The Kier molecular flexibility index (Phi) is 5.41. The van der Waals surface area contributed by atoms with E-state index < -0.39 is 0 Å². The second-order valence-electron chi connectivity index (χ2n) is 4.26. The molecule has 0 aliphatic heterocycles. The van der Waals surface area contributed by atoms with Gasteiger partial charge < -0.3 is 0 Å². The molecule has 1 fully saturated rings. The molecular formula is C10H21Br. The van der Waals surface area contributed by atoms with Crippen LogP contribution < -0.4 is 0 Å². The first-order chi connectivity index (χ1) is 4.70. The van der Waals surface area contributed by atoms with E-state index in [0.29, 0.717) is 0 Å². The lowest BCUT2D eigenvalue weighted by Gasteiger charge is -2.28. The van der Waals surface area contributed by atoms with Crippen molar-refractivity contribution in [2.75, 3.05) is 0 Å². The average molecular weight is 221 g/mol. The summed E-state index contributed by atoms with van der Waals surface area (Å²) < 4.78 is 0. The van der Waals surface area contributed by atoms with Gasteiger partial charge in [0.25, 0.3) is 0 Å². The van der Waals surface area contributed by atoms with E-state index in [0.717, 1.165) is 17.8 Å². The van der Waals surface area contributed by atoms with Crippen LogP contribution in [-0.4, -0.2) is 0 Å². The van der Waals surface area contributed by atoms with Crippen molar-refractivity contribution in [2.45, 2.75) is 46.5 Å². The van der Waals surface area contributed by atoms with Crippen molar-refractivity contribution >= 4 is 17.0 Å². The molecule has 1 aliphatic carbocycles. The van der Waals surface area contributed by atoms with E-state index in [9.17, 15) is 0 Å². The van der Waals surface area contributed by atoms with E-state index in [1.807, 2.05) is 0 Å². The Bertz CT molecular complexity index is 91.0. The van der Waals surface area contributed by atoms with Gasteiger partial charge >= 0.3 is 0 Å². The maximum Gasteiger partial charge on any atom is -0.0391 e. The summed E-state index contributed by atoms with van der Waals surface area (Å²) in [7, 11) is 0. The molecule has 11 heavy (non-hydrogen) atoms. The quantitative estimate of drug-likeness (QED) is 0.626. The summed E-state index contributed by atoms with van der Waals surface area (Å²) in [5.74, 6) is 2.97. The molecule has 1 rings (SSSR count). The van der Waals surface area contributed by atoms with Crippen molar-refractivity contribution in [3.63, 3.8) is 0 Å². The molecule has 0 aromatic carbocycles. The first-order valence-electron chi connectivity index (χ1n) is 4.70. The Labute approximate surface area is 81.5 Å². The Morgan fingerprint density at radius 2 is 1.45 bits per heavy atom. The molecule has 0 heterocycles. The molecule has 0 aromatic rings. The summed E-state index contributed by atoms with van der Waals surface area (Å²) in [6.07, 6.45) is 5.92. The smallest absolute Gasteiger partial charge is 0.0391 e. The lowest BCUT2D eigenvalue weighted by molar-refractivity contribution is 0.234. The zero-order valence-corrected chi connectivity index (χ0v) is 9.68. The second kappa shape index (κ2) is 5.18. The van der Waals surface area contributed by atoms with Gasteiger partial charge in [-0.1, -0.05) is 33.6 Å². The first-order valence-corrected chi connectivity index (χ1v) is 4.70. The first kappa shape index (κ1) is 11.5. The summed E-state index contributed by atoms with van der Waals surface area (Å²) in [5, 5.41) is 0. The summed E-state index contributed by atoms with van der Waals surface area (Å²) in [6.45, 7) is 7.11.